The van der Waals surface area contributed by atoms with Crippen LogP contribution in [0.15, 0.2) is 70.4 Å². The molecule has 0 N–H and O–H groups in total. The van der Waals surface area contributed by atoms with Crippen molar-refractivity contribution in [2.75, 3.05) is 7.11 Å². The van der Waals surface area contributed by atoms with E-state index in [1.165, 1.54) is 17.5 Å². The lowest BCUT2D eigenvalue weighted by Crippen LogP contribution is -2.30. The first-order valence-corrected chi connectivity index (χ1v) is 10.0. The molecule has 0 amide bonds. The summed E-state index contributed by atoms with van der Waals surface area (Å²) in [7, 11) is -2.17. The van der Waals surface area contributed by atoms with Crippen LogP contribution in [0.3, 0.4) is 0 Å². The Bertz CT molecular complexity index is 911. The number of pyridine rings is 1. The van der Waals surface area contributed by atoms with Crippen LogP contribution in [0, 0.1) is 0 Å². The summed E-state index contributed by atoms with van der Waals surface area (Å²) in [6.45, 7) is 0.496. The Kier molecular flexibility index (Phi) is 5.47. The fourth-order valence-electron chi connectivity index (χ4n) is 2.40. The summed E-state index contributed by atoms with van der Waals surface area (Å²) in [5, 5.41) is 3.89. The molecule has 0 radical (unpaired) electrons. The van der Waals surface area contributed by atoms with Gasteiger partial charge in [-0.1, -0.05) is 12.1 Å². The molecule has 0 fully saturated rings. The molecule has 1 aromatic carbocycles. The Morgan fingerprint density at radius 2 is 2.00 bits per heavy atom. The van der Waals surface area contributed by atoms with E-state index in [-0.39, 0.29) is 11.4 Å². The highest BCUT2D eigenvalue weighted by Crippen LogP contribution is 2.24. The van der Waals surface area contributed by atoms with E-state index in [0.29, 0.717) is 18.0 Å². The van der Waals surface area contributed by atoms with Crippen LogP contribution in [0.1, 0.15) is 11.3 Å². The molecule has 0 aliphatic carbocycles. The highest BCUT2D eigenvalue weighted by Gasteiger charge is 2.26. The molecule has 0 saturated heterocycles. The maximum atomic E-state index is 13.2. The lowest BCUT2D eigenvalue weighted by Gasteiger charge is -2.22. The smallest absolute Gasteiger partial charge is 0.243 e. The van der Waals surface area contributed by atoms with Gasteiger partial charge < -0.3 is 4.74 Å². The van der Waals surface area contributed by atoms with Gasteiger partial charge in [0.25, 0.3) is 0 Å². The molecule has 0 saturated carbocycles. The summed E-state index contributed by atoms with van der Waals surface area (Å²) in [4.78, 5) is 4.47. The van der Waals surface area contributed by atoms with E-state index in [2.05, 4.69) is 4.98 Å². The average Bonchev–Trinajstić information content (AvgIpc) is 3.15. The summed E-state index contributed by atoms with van der Waals surface area (Å²) in [6.07, 6.45) is 1.66. The van der Waals surface area contributed by atoms with Crippen molar-refractivity contribution in [3.63, 3.8) is 0 Å². The lowest BCUT2D eigenvalue weighted by molar-refractivity contribution is 0.395. The number of nitrogens with zero attached hydrogens (tertiary/aromatic N) is 2. The molecule has 2 heterocycles. The van der Waals surface area contributed by atoms with Crippen molar-refractivity contribution in [3.8, 4) is 5.75 Å². The number of rotatable bonds is 7. The number of benzene rings is 1. The van der Waals surface area contributed by atoms with E-state index in [4.69, 9.17) is 4.74 Å². The first-order valence-electron chi connectivity index (χ1n) is 7.65. The highest BCUT2D eigenvalue weighted by molar-refractivity contribution is 7.89. The quantitative estimate of drug-likeness (QED) is 0.635. The van der Waals surface area contributed by atoms with Gasteiger partial charge in [0, 0.05) is 18.8 Å². The van der Waals surface area contributed by atoms with Crippen molar-refractivity contribution in [2.45, 2.75) is 18.0 Å². The molecule has 130 valence electrons. The van der Waals surface area contributed by atoms with Gasteiger partial charge in [-0.3, -0.25) is 4.98 Å². The molecule has 7 heteroatoms. The highest BCUT2D eigenvalue weighted by atomic mass is 32.2. The van der Waals surface area contributed by atoms with Gasteiger partial charge in [-0.25, -0.2) is 8.42 Å². The maximum absolute atomic E-state index is 13.2. The molecule has 0 unspecified atom stereocenters. The topological polar surface area (TPSA) is 59.5 Å². The van der Waals surface area contributed by atoms with E-state index in [0.717, 1.165) is 5.56 Å². The predicted octanol–water partition coefficient (Wildman–Crippen LogP) is 3.54. The molecule has 0 spiro atoms. The van der Waals surface area contributed by atoms with Crippen LogP contribution < -0.4 is 4.74 Å². The Hall–Kier alpha value is -2.22. The summed E-state index contributed by atoms with van der Waals surface area (Å²) < 4.78 is 33.0. The number of ether oxygens (including phenoxy) is 1. The Balaban J connectivity index is 1.96. The van der Waals surface area contributed by atoms with Gasteiger partial charge in [0.05, 0.1) is 24.2 Å². The van der Waals surface area contributed by atoms with Gasteiger partial charge >= 0.3 is 0 Å². The van der Waals surface area contributed by atoms with Gasteiger partial charge in [-0.05, 0) is 46.7 Å². The van der Waals surface area contributed by atoms with Gasteiger partial charge in [-0.15, -0.1) is 0 Å². The molecule has 0 bridgehead atoms. The molecule has 3 rings (SSSR count). The van der Waals surface area contributed by atoms with E-state index in [9.17, 15) is 8.42 Å². The van der Waals surface area contributed by atoms with Gasteiger partial charge in [0.1, 0.15) is 5.75 Å². The van der Waals surface area contributed by atoms with Crippen LogP contribution in [0.25, 0.3) is 0 Å². The Morgan fingerprint density at radius 1 is 1.12 bits per heavy atom. The molecule has 25 heavy (non-hydrogen) atoms. The van der Waals surface area contributed by atoms with E-state index in [1.54, 1.807) is 35.7 Å². The molecular formula is C18H18N2O3S2. The Labute approximate surface area is 151 Å². The molecule has 0 aliphatic heterocycles. The van der Waals surface area contributed by atoms with Crippen LogP contribution >= 0.6 is 11.3 Å². The zero-order chi connectivity index (χ0) is 17.7. The normalized spacial score (nSPS) is 11.6. The predicted molar refractivity (Wildman–Crippen MR) is 98.0 cm³/mol. The number of hydrogen-bond donors (Lipinski definition) is 0. The second-order valence-corrected chi connectivity index (χ2v) is 8.12. The van der Waals surface area contributed by atoms with Gasteiger partial charge in [0.2, 0.25) is 10.0 Å². The third kappa shape index (κ3) is 4.25. The summed E-state index contributed by atoms with van der Waals surface area (Å²) in [5.41, 5.74) is 1.65. The molecular weight excluding hydrogens is 356 g/mol. The Morgan fingerprint density at radius 3 is 2.68 bits per heavy atom. The lowest BCUT2D eigenvalue weighted by atomic mass is 10.3. The van der Waals surface area contributed by atoms with Crippen molar-refractivity contribution in [1.82, 2.24) is 9.29 Å². The average molecular weight is 374 g/mol. The van der Waals surface area contributed by atoms with Gasteiger partial charge in [0.15, 0.2) is 0 Å². The van der Waals surface area contributed by atoms with Crippen LogP contribution in [0.5, 0.6) is 5.75 Å². The number of sulfonamides is 1. The van der Waals surface area contributed by atoms with Crippen molar-refractivity contribution in [2.24, 2.45) is 0 Å². The third-order valence-electron chi connectivity index (χ3n) is 3.68. The zero-order valence-electron chi connectivity index (χ0n) is 13.7. The first-order chi connectivity index (χ1) is 12.1. The van der Waals surface area contributed by atoms with E-state index in [1.807, 2.05) is 35.0 Å². The molecule has 2 aromatic heterocycles. The first kappa shape index (κ1) is 17.6. The second kappa shape index (κ2) is 7.77. The van der Waals surface area contributed by atoms with Crippen LogP contribution in [0.4, 0.5) is 0 Å². The summed E-state index contributed by atoms with van der Waals surface area (Å²) >= 11 is 1.54. The van der Waals surface area contributed by atoms with Crippen molar-refractivity contribution >= 4 is 21.4 Å². The van der Waals surface area contributed by atoms with Crippen molar-refractivity contribution in [1.29, 1.82) is 0 Å². The largest absolute Gasteiger partial charge is 0.497 e. The minimum absolute atomic E-state index is 0.205. The minimum Gasteiger partial charge on any atom is -0.497 e. The van der Waals surface area contributed by atoms with Gasteiger partial charge in [-0.2, -0.15) is 15.6 Å². The SMILES string of the molecule is COc1cccc(S(=O)(=O)N(Cc2ccsc2)Cc2ccccn2)c1. The molecule has 5 nitrogen and oxygen atoms in total. The van der Waals surface area contributed by atoms with Crippen LogP contribution in [-0.4, -0.2) is 24.8 Å². The van der Waals surface area contributed by atoms with E-state index >= 15 is 0 Å². The van der Waals surface area contributed by atoms with Crippen molar-refractivity contribution in [3.05, 3.63) is 76.7 Å². The molecule has 0 aliphatic rings. The third-order valence-corrected chi connectivity index (χ3v) is 6.20. The number of thiophene rings is 1. The van der Waals surface area contributed by atoms with Crippen LogP contribution in [0.2, 0.25) is 0 Å². The second-order valence-electron chi connectivity index (χ2n) is 5.40. The maximum Gasteiger partial charge on any atom is 0.243 e. The number of methoxy groups -OCH3 is 1. The fraction of sp³-hybridized carbons (Fsp3) is 0.167. The van der Waals surface area contributed by atoms with Crippen LogP contribution in [-0.2, 0) is 23.1 Å². The molecule has 0 atom stereocenters. The van der Waals surface area contributed by atoms with Crippen molar-refractivity contribution < 1.29 is 13.2 Å². The monoisotopic (exact) mass is 374 g/mol. The summed E-state index contributed by atoms with van der Waals surface area (Å²) in [5.74, 6) is 0.509. The summed E-state index contributed by atoms with van der Waals surface area (Å²) in [6, 6.07) is 13.9. The van der Waals surface area contributed by atoms with E-state index < -0.39 is 10.0 Å². The number of aromatic nitrogens is 1. The minimum atomic E-state index is -3.69. The fourth-order valence-corrected chi connectivity index (χ4v) is 4.49. The number of hydrogen-bond acceptors (Lipinski definition) is 5. The standard InChI is InChI=1S/C18H18N2O3S2/c1-23-17-6-4-7-18(11-17)25(21,22)20(12-15-8-10-24-14-15)13-16-5-2-3-9-19-16/h2-11,14H,12-13H2,1H3. The zero-order valence-corrected chi connectivity index (χ0v) is 15.3. The molecule has 3 aromatic rings.